The first kappa shape index (κ1) is 18.2. The van der Waals surface area contributed by atoms with Gasteiger partial charge in [0.2, 0.25) is 10.0 Å². The van der Waals surface area contributed by atoms with Crippen molar-refractivity contribution < 1.29 is 17.9 Å². The molecule has 1 radical (unpaired) electrons. The Labute approximate surface area is 151 Å². The highest BCUT2D eigenvalue weighted by molar-refractivity contribution is 7.89. The summed E-state index contributed by atoms with van der Waals surface area (Å²) >= 11 is 1.28. The van der Waals surface area contributed by atoms with E-state index in [0.29, 0.717) is 37.6 Å². The Bertz CT molecular complexity index is 812. The van der Waals surface area contributed by atoms with Crippen LogP contribution in [0.15, 0.2) is 30.3 Å². The van der Waals surface area contributed by atoms with Gasteiger partial charge < -0.3 is 4.74 Å². The third-order valence-electron chi connectivity index (χ3n) is 3.90. The number of hydrogen-bond acceptors (Lipinski definition) is 6. The number of morpholine rings is 1. The molecule has 3 rings (SSSR count). The molecule has 0 aliphatic carbocycles. The minimum atomic E-state index is -3.43. The van der Waals surface area contributed by atoms with Crippen LogP contribution in [-0.2, 0) is 21.2 Å². The molecule has 1 aromatic carbocycles. The number of benzene rings is 1. The van der Waals surface area contributed by atoms with Crippen molar-refractivity contribution >= 4 is 27.1 Å². The van der Waals surface area contributed by atoms with Crippen LogP contribution in [0.5, 0.6) is 0 Å². The van der Waals surface area contributed by atoms with Crippen LogP contribution in [0, 0.1) is 6.20 Å². The monoisotopic (exact) mass is 379 g/mol. The van der Waals surface area contributed by atoms with Crippen LogP contribution in [0.3, 0.4) is 0 Å². The van der Waals surface area contributed by atoms with Gasteiger partial charge in [-0.3, -0.25) is 4.79 Å². The lowest BCUT2D eigenvalue weighted by Crippen LogP contribution is -2.42. The van der Waals surface area contributed by atoms with Gasteiger partial charge in [-0.05, 0) is 5.56 Å². The fraction of sp³-hybridized carbons (Fsp3) is 0.412. The molecule has 133 valence electrons. The third-order valence-corrected chi connectivity index (χ3v) is 6.77. The summed E-state index contributed by atoms with van der Waals surface area (Å²) in [6, 6.07) is 9.85. The van der Waals surface area contributed by atoms with Gasteiger partial charge >= 0.3 is 0 Å². The molecule has 0 saturated carbocycles. The van der Waals surface area contributed by atoms with Gasteiger partial charge in [0.15, 0.2) is 5.78 Å². The Morgan fingerprint density at radius 2 is 1.96 bits per heavy atom. The summed E-state index contributed by atoms with van der Waals surface area (Å²) in [7, 11) is -3.43. The van der Waals surface area contributed by atoms with E-state index in [1.807, 2.05) is 30.3 Å². The molecule has 0 atom stereocenters. The zero-order chi connectivity index (χ0) is 17.7. The lowest BCUT2D eigenvalue weighted by Gasteiger charge is -2.25. The van der Waals surface area contributed by atoms with Crippen molar-refractivity contribution in [2.45, 2.75) is 12.8 Å². The summed E-state index contributed by atoms with van der Waals surface area (Å²) in [5.41, 5.74) is 1.11. The van der Waals surface area contributed by atoms with E-state index in [1.165, 1.54) is 15.6 Å². The van der Waals surface area contributed by atoms with Gasteiger partial charge in [0, 0.05) is 25.9 Å². The summed E-state index contributed by atoms with van der Waals surface area (Å²) < 4.78 is 31.1. The first-order valence-corrected chi connectivity index (χ1v) is 10.5. The van der Waals surface area contributed by atoms with Crippen LogP contribution in [-0.4, -0.2) is 55.5 Å². The summed E-state index contributed by atoms with van der Waals surface area (Å²) in [6.45, 7) is 1.51. The number of thiazole rings is 1. The second-order valence-electron chi connectivity index (χ2n) is 5.71. The highest BCUT2D eigenvalue weighted by Crippen LogP contribution is 2.18. The topological polar surface area (TPSA) is 76.6 Å². The standard InChI is InChI=1S/C17H19N2O4S2/c20-15(6-11-25(21,22)19-7-9-23-10-8-19)16-13-18-17(24-16)12-14-4-2-1-3-5-14/h1-5H,6-12H2. The van der Waals surface area contributed by atoms with E-state index in [1.54, 1.807) is 0 Å². The van der Waals surface area contributed by atoms with Crippen molar-refractivity contribution in [3.05, 3.63) is 52.0 Å². The molecule has 0 unspecified atom stereocenters. The Balaban J connectivity index is 1.56. The maximum absolute atomic E-state index is 12.3. The molecule has 1 aliphatic rings. The molecule has 2 heterocycles. The maximum Gasteiger partial charge on any atom is 0.214 e. The lowest BCUT2D eigenvalue weighted by molar-refractivity contribution is 0.0729. The minimum Gasteiger partial charge on any atom is -0.379 e. The smallest absolute Gasteiger partial charge is 0.214 e. The average molecular weight is 379 g/mol. The SMILES string of the molecule is O=C(CCS(=O)(=O)N1CCOCC1)c1[c]nc(Cc2ccccc2)s1. The fourth-order valence-corrected chi connectivity index (χ4v) is 4.81. The van der Waals surface area contributed by atoms with Gasteiger partial charge in [-0.1, -0.05) is 30.3 Å². The number of ketones is 1. The van der Waals surface area contributed by atoms with Crippen molar-refractivity contribution in [3.63, 3.8) is 0 Å². The van der Waals surface area contributed by atoms with Crippen molar-refractivity contribution in [3.8, 4) is 0 Å². The Hall–Kier alpha value is -1.61. The quantitative estimate of drug-likeness (QED) is 0.685. The summed E-state index contributed by atoms with van der Waals surface area (Å²) in [4.78, 5) is 16.8. The maximum atomic E-state index is 12.3. The van der Waals surface area contributed by atoms with Crippen LogP contribution in [0.2, 0.25) is 0 Å². The molecule has 0 spiro atoms. The summed E-state index contributed by atoms with van der Waals surface area (Å²) in [6.07, 6.45) is 3.32. The largest absolute Gasteiger partial charge is 0.379 e. The van der Waals surface area contributed by atoms with Crippen molar-refractivity contribution in [2.24, 2.45) is 0 Å². The number of carbonyl (C=O) groups is 1. The third kappa shape index (κ3) is 4.94. The molecule has 0 N–H and O–H groups in total. The number of ether oxygens (including phenoxy) is 1. The van der Waals surface area contributed by atoms with E-state index >= 15 is 0 Å². The molecular weight excluding hydrogens is 360 g/mol. The van der Waals surface area contributed by atoms with Crippen LogP contribution < -0.4 is 0 Å². The molecule has 0 bridgehead atoms. The lowest BCUT2D eigenvalue weighted by atomic mass is 10.2. The molecule has 25 heavy (non-hydrogen) atoms. The molecule has 1 aliphatic heterocycles. The zero-order valence-corrected chi connectivity index (χ0v) is 15.3. The normalized spacial score (nSPS) is 16.0. The van der Waals surface area contributed by atoms with Crippen LogP contribution in [0.25, 0.3) is 0 Å². The van der Waals surface area contributed by atoms with Gasteiger partial charge in [-0.15, -0.1) is 11.3 Å². The number of carbonyl (C=O) groups excluding carboxylic acids is 1. The highest BCUT2D eigenvalue weighted by atomic mass is 32.2. The molecular formula is C17H19N2O4S2. The van der Waals surface area contributed by atoms with E-state index in [0.717, 1.165) is 10.6 Å². The number of nitrogens with zero attached hydrogens (tertiary/aromatic N) is 2. The Morgan fingerprint density at radius 3 is 2.68 bits per heavy atom. The first-order chi connectivity index (χ1) is 12.0. The highest BCUT2D eigenvalue weighted by Gasteiger charge is 2.25. The Morgan fingerprint density at radius 1 is 1.24 bits per heavy atom. The van der Waals surface area contributed by atoms with Crippen LogP contribution in [0.4, 0.5) is 0 Å². The van der Waals surface area contributed by atoms with E-state index in [4.69, 9.17) is 4.74 Å². The number of aromatic nitrogens is 1. The van der Waals surface area contributed by atoms with E-state index in [9.17, 15) is 13.2 Å². The molecule has 1 saturated heterocycles. The van der Waals surface area contributed by atoms with Gasteiger partial charge in [-0.25, -0.2) is 13.4 Å². The molecule has 6 nitrogen and oxygen atoms in total. The number of hydrogen-bond donors (Lipinski definition) is 0. The predicted octanol–water partition coefficient (Wildman–Crippen LogP) is 1.77. The second kappa shape index (κ2) is 8.18. The van der Waals surface area contributed by atoms with E-state index < -0.39 is 10.0 Å². The molecule has 2 aromatic rings. The van der Waals surface area contributed by atoms with Crippen molar-refractivity contribution in [2.75, 3.05) is 32.1 Å². The predicted molar refractivity (Wildman–Crippen MR) is 95.3 cm³/mol. The second-order valence-corrected chi connectivity index (χ2v) is 8.88. The summed E-state index contributed by atoms with van der Waals surface area (Å²) in [5.74, 6) is -0.417. The van der Waals surface area contributed by atoms with Crippen LogP contribution in [0.1, 0.15) is 26.7 Å². The summed E-state index contributed by atoms with van der Waals surface area (Å²) in [5, 5.41) is 0.797. The van der Waals surface area contributed by atoms with Gasteiger partial charge in [-0.2, -0.15) is 4.31 Å². The number of sulfonamides is 1. The van der Waals surface area contributed by atoms with E-state index in [-0.39, 0.29) is 18.0 Å². The fourth-order valence-electron chi connectivity index (χ4n) is 2.53. The minimum absolute atomic E-state index is 0.0524. The first-order valence-electron chi connectivity index (χ1n) is 8.05. The zero-order valence-electron chi connectivity index (χ0n) is 13.7. The number of rotatable bonds is 7. The Kier molecular flexibility index (Phi) is 5.95. The van der Waals surface area contributed by atoms with Gasteiger partial charge in [0.25, 0.3) is 0 Å². The van der Waals surface area contributed by atoms with Crippen LogP contribution >= 0.6 is 11.3 Å². The molecule has 8 heteroatoms. The molecule has 0 amide bonds. The molecule has 1 fully saturated rings. The van der Waals surface area contributed by atoms with Crippen molar-refractivity contribution in [1.29, 1.82) is 0 Å². The molecule has 1 aromatic heterocycles. The van der Waals surface area contributed by atoms with Gasteiger partial charge in [0.05, 0.1) is 28.9 Å². The average Bonchev–Trinajstić information content (AvgIpc) is 3.10. The van der Waals surface area contributed by atoms with Gasteiger partial charge in [0.1, 0.15) is 6.20 Å². The number of Topliss-reactive ketones (excluding diaryl/α,β-unsaturated/α-hetero) is 1. The van der Waals surface area contributed by atoms with E-state index in [2.05, 4.69) is 11.2 Å². The van der Waals surface area contributed by atoms with Crippen molar-refractivity contribution in [1.82, 2.24) is 9.29 Å².